The first-order valence-electron chi connectivity index (χ1n) is 5.41. The van der Waals surface area contributed by atoms with Crippen LogP contribution in [0.25, 0.3) is 0 Å². The summed E-state index contributed by atoms with van der Waals surface area (Å²) in [6, 6.07) is 6.00. The van der Waals surface area contributed by atoms with Gasteiger partial charge in [-0.15, -0.1) is 0 Å². The summed E-state index contributed by atoms with van der Waals surface area (Å²) in [5, 5.41) is 0.788. The molecule has 1 fully saturated rings. The lowest BCUT2D eigenvalue weighted by molar-refractivity contribution is -0.00520. The maximum Gasteiger partial charge on any atom is 0.0726 e. The molecule has 1 aromatic carbocycles. The van der Waals surface area contributed by atoms with Crippen molar-refractivity contribution in [3.05, 3.63) is 27.7 Å². The molecule has 2 atom stereocenters. The third-order valence-corrected chi connectivity index (χ3v) is 3.47. The van der Waals surface area contributed by atoms with Crippen molar-refractivity contribution >= 4 is 33.2 Å². The Kier molecular flexibility index (Phi) is 3.77. The largest absolute Gasteiger partial charge is 0.372 e. The third kappa shape index (κ3) is 2.70. The van der Waals surface area contributed by atoms with Crippen LogP contribution in [0.3, 0.4) is 0 Å². The van der Waals surface area contributed by atoms with Crippen LogP contribution in [0.1, 0.15) is 13.8 Å². The first-order chi connectivity index (χ1) is 7.56. The van der Waals surface area contributed by atoms with Crippen LogP contribution in [0.15, 0.2) is 22.7 Å². The molecule has 2 unspecified atom stereocenters. The zero-order valence-electron chi connectivity index (χ0n) is 9.41. The van der Waals surface area contributed by atoms with E-state index in [0.29, 0.717) is 0 Å². The quantitative estimate of drug-likeness (QED) is 0.784. The van der Waals surface area contributed by atoms with Crippen molar-refractivity contribution < 1.29 is 4.74 Å². The molecule has 16 heavy (non-hydrogen) atoms. The third-order valence-electron chi connectivity index (χ3n) is 2.67. The van der Waals surface area contributed by atoms with Crippen molar-refractivity contribution in [1.29, 1.82) is 0 Å². The molecule has 0 aliphatic carbocycles. The molecule has 0 N–H and O–H groups in total. The van der Waals surface area contributed by atoms with E-state index < -0.39 is 0 Å². The standard InChI is InChI=1S/C12H15BrClNO/c1-8-6-15(7-9(2)16-8)12-4-3-10(13)5-11(12)14/h3-5,8-9H,6-7H2,1-2H3. The van der Waals surface area contributed by atoms with E-state index in [1.165, 1.54) is 0 Å². The van der Waals surface area contributed by atoms with Crippen LogP contribution in [0, 0.1) is 0 Å². The summed E-state index contributed by atoms with van der Waals surface area (Å²) in [5.74, 6) is 0. The van der Waals surface area contributed by atoms with Gasteiger partial charge in [-0.2, -0.15) is 0 Å². The summed E-state index contributed by atoms with van der Waals surface area (Å²) < 4.78 is 6.72. The van der Waals surface area contributed by atoms with Gasteiger partial charge in [0.05, 0.1) is 22.9 Å². The van der Waals surface area contributed by atoms with Crippen LogP contribution >= 0.6 is 27.5 Å². The second-order valence-corrected chi connectivity index (χ2v) is 5.58. The predicted octanol–water partition coefficient (Wildman–Crippen LogP) is 3.72. The van der Waals surface area contributed by atoms with Gasteiger partial charge in [-0.3, -0.25) is 0 Å². The van der Waals surface area contributed by atoms with Crippen LogP contribution in [0.5, 0.6) is 0 Å². The number of halogens is 2. The fourth-order valence-corrected chi connectivity index (χ4v) is 2.91. The summed E-state index contributed by atoms with van der Waals surface area (Å²) in [6.45, 7) is 5.97. The van der Waals surface area contributed by atoms with Crippen LogP contribution in [0.4, 0.5) is 5.69 Å². The molecule has 1 heterocycles. The Balaban J connectivity index is 2.23. The van der Waals surface area contributed by atoms with Crippen LogP contribution in [-0.2, 0) is 4.74 Å². The van der Waals surface area contributed by atoms with Gasteiger partial charge in [0.15, 0.2) is 0 Å². The van der Waals surface area contributed by atoms with E-state index in [1.54, 1.807) is 0 Å². The molecule has 2 rings (SSSR count). The Morgan fingerprint density at radius 1 is 1.31 bits per heavy atom. The highest BCUT2D eigenvalue weighted by Gasteiger charge is 2.23. The maximum atomic E-state index is 6.25. The molecule has 1 aliphatic heterocycles. The lowest BCUT2D eigenvalue weighted by Gasteiger charge is -2.37. The fourth-order valence-electron chi connectivity index (χ4n) is 2.11. The maximum absolute atomic E-state index is 6.25. The molecule has 0 radical (unpaired) electrons. The number of hydrogen-bond donors (Lipinski definition) is 0. The molecule has 1 aliphatic rings. The zero-order chi connectivity index (χ0) is 11.7. The van der Waals surface area contributed by atoms with Crippen molar-refractivity contribution in [3.63, 3.8) is 0 Å². The number of hydrogen-bond acceptors (Lipinski definition) is 2. The molecule has 2 nitrogen and oxygen atoms in total. The Bertz CT molecular complexity index is 375. The lowest BCUT2D eigenvalue weighted by Crippen LogP contribution is -2.45. The van der Waals surface area contributed by atoms with E-state index in [9.17, 15) is 0 Å². The Labute approximate surface area is 110 Å². The SMILES string of the molecule is CC1CN(c2ccc(Br)cc2Cl)CC(C)O1. The van der Waals surface area contributed by atoms with Gasteiger partial charge in [-0.1, -0.05) is 27.5 Å². The van der Waals surface area contributed by atoms with E-state index in [1.807, 2.05) is 12.1 Å². The van der Waals surface area contributed by atoms with Crippen molar-refractivity contribution in [3.8, 4) is 0 Å². The van der Waals surface area contributed by atoms with Crippen molar-refractivity contribution in [1.82, 2.24) is 0 Å². The summed E-state index contributed by atoms with van der Waals surface area (Å²) in [7, 11) is 0. The minimum Gasteiger partial charge on any atom is -0.372 e. The Hall–Kier alpha value is -0.250. The first-order valence-corrected chi connectivity index (χ1v) is 6.59. The minimum absolute atomic E-state index is 0.253. The zero-order valence-corrected chi connectivity index (χ0v) is 11.8. The van der Waals surface area contributed by atoms with Crippen LogP contribution < -0.4 is 4.90 Å². The summed E-state index contributed by atoms with van der Waals surface area (Å²) in [6.07, 6.45) is 0.506. The molecule has 0 aromatic heterocycles. The smallest absolute Gasteiger partial charge is 0.0726 e. The summed E-state index contributed by atoms with van der Waals surface area (Å²) in [5.41, 5.74) is 1.09. The molecule has 0 spiro atoms. The normalized spacial score (nSPS) is 25.9. The topological polar surface area (TPSA) is 12.5 Å². The summed E-state index contributed by atoms with van der Waals surface area (Å²) in [4.78, 5) is 2.29. The van der Waals surface area contributed by atoms with Gasteiger partial charge in [-0.05, 0) is 32.0 Å². The second-order valence-electron chi connectivity index (χ2n) is 4.26. The van der Waals surface area contributed by atoms with Gasteiger partial charge in [0, 0.05) is 17.6 Å². The van der Waals surface area contributed by atoms with E-state index in [0.717, 1.165) is 28.3 Å². The highest BCUT2D eigenvalue weighted by Crippen LogP contribution is 2.30. The average molecular weight is 305 g/mol. The van der Waals surface area contributed by atoms with E-state index in [-0.39, 0.29) is 12.2 Å². The minimum atomic E-state index is 0.253. The highest BCUT2D eigenvalue weighted by molar-refractivity contribution is 9.10. The van der Waals surface area contributed by atoms with Crippen LogP contribution in [0.2, 0.25) is 5.02 Å². The molecule has 1 aromatic rings. The average Bonchev–Trinajstić information content (AvgIpc) is 2.15. The van der Waals surface area contributed by atoms with Crippen LogP contribution in [-0.4, -0.2) is 25.3 Å². The second kappa shape index (κ2) is 4.94. The first kappa shape index (κ1) is 12.2. The van der Waals surface area contributed by atoms with Crippen molar-refractivity contribution in [2.24, 2.45) is 0 Å². The fraction of sp³-hybridized carbons (Fsp3) is 0.500. The van der Waals surface area contributed by atoms with Gasteiger partial charge < -0.3 is 9.64 Å². The number of morpholine rings is 1. The number of ether oxygens (including phenoxy) is 1. The van der Waals surface area contributed by atoms with E-state index in [2.05, 4.69) is 40.7 Å². The molecule has 4 heteroatoms. The molecule has 0 bridgehead atoms. The summed E-state index contributed by atoms with van der Waals surface area (Å²) >= 11 is 9.66. The van der Waals surface area contributed by atoms with Gasteiger partial charge in [0.25, 0.3) is 0 Å². The van der Waals surface area contributed by atoms with Crippen molar-refractivity contribution in [2.45, 2.75) is 26.1 Å². The van der Waals surface area contributed by atoms with E-state index in [4.69, 9.17) is 16.3 Å². The molecule has 0 saturated carbocycles. The Morgan fingerprint density at radius 3 is 2.50 bits per heavy atom. The lowest BCUT2D eigenvalue weighted by atomic mass is 10.2. The Morgan fingerprint density at radius 2 is 1.94 bits per heavy atom. The molecular formula is C12H15BrClNO. The van der Waals surface area contributed by atoms with Gasteiger partial charge in [0.2, 0.25) is 0 Å². The predicted molar refractivity (Wildman–Crippen MR) is 71.4 cm³/mol. The van der Waals surface area contributed by atoms with Gasteiger partial charge in [-0.25, -0.2) is 0 Å². The van der Waals surface area contributed by atoms with Gasteiger partial charge >= 0.3 is 0 Å². The van der Waals surface area contributed by atoms with E-state index >= 15 is 0 Å². The van der Waals surface area contributed by atoms with Gasteiger partial charge in [0.1, 0.15) is 0 Å². The molecule has 1 saturated heterocycles. The molecule has 0 amide bonds. The molecule has 88 valence electrons. The number of anilines is 1. The number of rotatable bonds is 1. The monoisotopic (exact) mass is 303 g/mol. The van der Waals surface area contributed by atoms with Crippen molar-refractivity contribution in [2.75, 3.05) is 18.0 Å². The number of nitrogens with zero attached hydrogens (tertiary/aromatic N) is 1. The number of benzene rings is 1. The molecular weight excluding hydrogens is 289 g/mol. The highest BCUT2D eigenvalue weighted by atomic mass is 79.9.